The van der Waals surface area contributed by atoms with Crippen molar-refractivity contribution in [1.82, 2.24) is 5.32 Å². The second-order valence-corrected chi connectivity index (χ2v) is 6.36. The molecule has 3 rings (SSSR count). The molecular weight excluding hydrogens is 268 g/mol. The average molecular weight is 286 g/mol. The van der Waals surface area contributed by atoms with Crippen LogP contribution in [0.25, 0.3) is 0 Å². The van der Waals surface area contributed by atoms with Crippen molar-refractivity contribution in [2.75, 3.05) is 0 Å². The summed E-state index contributed by atoms with van der Waals surface area (Å²) < 4.78 is 0. The van der Waals surface area contributed by atoms with Gasteiger partial charge in [-0.25, -0.2) is 0 Å². The largest absolute Gasteiger partial charge is 0.368 e. The molecule has 0 spiro atoms. The number of hydrogen-bond acceptors (Lipinski definition) is 3. The van der Waals surface area contributed by atoms with Crippen molar-refractivity contribution >= 4 is 17.2 Å². The van der Waals surface area contributed by atoms with Gasteiger partial charge in [-0.15, -0.1) is 11.3 Å². The highest BCUT2D eigenvalue weighted by Gasteiger charge is 2.39. The number of fused-ring (bicyclic) bond motifs is 1. The molecule has 1 heterocycles. The first-order valence-electron chi connectivity index (χ1n) is 6.84. The Labute approximate surface area is 122 Å². The number of thiophene rings is 1. The molecule has 1 aliphatic rings. The van der Waals surface area contributed by atoms with Crippen LogP contribution < -0.4 is 11.1 Å². The first-order valence-corrected chi connectivity index (χ1v) is 7.72. The van der Waals surface area contributed by atoms with E-state index >= 15 is 0 Å². The number of carbonyl (C=O) groups excluding carboxylic acids is 1. The number of rotatable bonds is 4. The summed E-state index contributed by atoms with van der Waals surface area (Å²) in [6.45, 7) is 0.697. The van der Waals surface area contributed by atoms with Crippen LogP contribution in [0.5, 0.6) is 0 Å². The number of amides is 1. The van der Waals surface area contributed by atoms with E-state index in [0.29, 0.717) is 13.0 Å². The lowest BCUT2D eigenvalue weighted by molar-refractivity contribution is -0.125. The van der Waals surface area contributed by atoms with Crippen LogP contribution in [-0.4, -0.2) is 11.4 Å². The third-order valence-corrected chi connectivity index (χ3v) is 4.96. The third-order valence-electron chi connectivity index (χ3n) is 4.08. The lowest BCUT2D eigenvalue weighted by Crippen LogP contribution is -2.58. The molecule has 1 aromatic carbocycles. The summed E-state index contributed by atoms with van der Waals surface area (Å²) in [4.78, 5) is 13.2. The highest BCUT2D eigenvalue weighted by molar-refractivity contribution is 7.09. The van der Waals surface area contributed by atoms with Crippen LogP contribution >= 0.6 is 11.3 Å². The Hall–Kier alpha value is -1.65. The normalized spacial score (nSPS) is 21.4. The summed E-state index contributed by atoms with van der Waals surface area (Å²) in [6, 6.07) is 12.4. The SMILES string of the molecule is NC(=O)C1(NCc2cccs2)CCc2ccccc2C1. The van der Waals surface area contributed by atoms with Crippen LogP contribution in [-0.2, 0) is 24.2 Å². The monoisotopic (exact) mass is 286 g/mol. The van der Waals surface area contributed by atoms with E-state index < -0.39 is 5.54 Å². The minimum Gasteiger partial charge on any atom is -0.368 e. The number of aryl methyl sites for hydroxylation is 1. The predicted molar refractivity (Wildman–Crippen MR) is 81.6 cm³/mol. The molecule has 104 valence electrons. The van der Waals surface area contributed by atoms with Crippen LogP contribution in [0.15, 0.2) is 41.8 Å². The Morgan fingerprint density at radius 1 is 1.25 bits per heavy atom. The number of nitrogens with one attached hydrogen (secondary N) is 1. The molecule has 1 amide bonds. The third kappa shape index (κ3) is 2.49. The molecule has 0 bridgehead atoms. The van der Waals surface area contributed by atoms with Gasteiger partial charge < -0.3 is 5.73 Å². The molecule has 3 nitrogen and oxygen atoms in total. The summed E-state index contributed by atoms with van der Waals surface area (Å²) >= 11 is 1.69. The van der Waals surface area contributed by atoms with Gasteiger partial charge in [0.05, 0.1) is 0 Å². The lowest BCUT2D eigenvalue weighted by Gasteiger charge is -2.36. The number of nitrogens with two attached hydrogens (primary N) is 1. The number of hydrogen-bond donors (Lipinski definition) is 2. The van der Waals surface area contributed by atoms with Crippen molar-refractivity contribution in [3.8, 4) is 0 Å². The molecule has 1 aromatic heterocycles. The van der Waals surface area contributed by atoms with Crippen LogP contribution in [0.4, 0.5) is 0 Å². The first-order chi connectivity index (χ1) is 9.70. The average Bonchev–Trinajstić information content (AvgIpc) is 2.98. The Balaban J connectivity index is 1.81. The van der Waals surface area contributed by atoms with Gasteiger partial charge in [0.1, 0.15) is 5.54 Å². The van der Waals surface area contributed by atoms with Crippen LogP contribution in [0.3, 0.4) is 0 Å². The molecule has 0 aliphatic heterocycles. The lowest BCUT2D eigenvalue weighted by atomic mass is 9.77. The fraction of sp³-hybridized carbons (Fsp3) is 0.312. The number of benzene rings is 1. The van der Waals surface area contributed by atoms with Gasteiger partial charge in [0.2, 0.25) is 5.91 Å². The molecule has 4 heteroatoms. The van der Waals surface area contributed by atoms with Gasteiger partial charge in [0.15, 0.2) is 0 Å². The van der Waals surface area contributed by atoms with E-state index in [1.165, 1.54) is 16.0 Å². The van der Waals surface area contributed by atoms with Crippen molar-refractivity contribution in [3.63, 3.8) is 0 Å². The molecule has 1 atom stereocenters. The van der Waals surface area contributed by atoms with Crippen LogP contribution in [0.1, 0.15) is 22.4 Å². The maximum Gasteiger partial charge on any atom is 0.238 e. The molecular formula is C16H18N2OS. The highest BCUT2D eigenvalue weighted by atomic mass is 32.1. The summed E-state index contributed by atoms with van der Waals surface area (Å²) in [5.74, 6) is -0.247. The second kappa shape index (κ2) is 5.38. The summed E-state index contributed by atoms with van der Waals surface area (Å²) in [5, 5.41) is 5.46. The van der Waals surface area contributed by atoms with Crippen LogP contribution in [0, 0.1) is 0 Å². The van der Waals surface area contributed by atoms with Gasteiger partial charge in [0.25, 0.3) is 0 Å². The van der Waals surface area contributed by atoms with E-state index in [4.69, 9.17) is 5.73 Å². The fourth-order valence-corrected chi connectivity index (χ4v) is 3.50. The van der Waals surface area contributed by atoms with Gasteiger partial charge in [-0.3, -0.25) is 10.1 Å². The van der Waals surface area contributed by atoms with Gasteiger partial charge >= 0.3 is 0 Å². The number of primary amides is 1. The van der Waals surface area contributed by atoms with E-state index in [-0.39, 0.29) is 5.91 Å². The topological polar surface area (TPSA) is 55.1 Å². The molecule has 20 heavy (non-hydrogen) atoms. The van der Waals surface area contributed by atoms with Crippen molar-refractivity contribution in [2.45, 2.75) is 31.3 Å². The highest BCUT2D eigenvalue weighted by Crippen LogP contribution is 2.29. The first kappa shape index (κ1) is 13.3. The zero-order valence-electron chi connectivity index (χ0n) is 11.3. The minimum atomic E-state index is -0.613. The van der Waals surface area contributed by atoms with E-state index in [2.05, 4.69) is 29.6 Å². The molecule has 2 aromatic rings. The van der Waals surface area contributed by atoms with Crippen molar-refractivity contribution < 1.29 is 4.79 Å². The predicted octanol–water partition coefficient (Wildman–Crippen LogP) is 2.25. The van der Waals surface area contributed by atoms with E-state index in [1.54, 1.807) is 11.3 Å². The van der Waals surface area contributed by atoms with E-state index in [9.17, 15) is 4.79 Å². The fourth-order valence-electron chi connectivity index (χ4n) is 2.85. The maximum atomic E-state index is 12.0. The van der Waals surface area contributed by atoms with Crippen LogP contribution in [0.2, 0.25) is 0 Å². The Morgan fingerprint density at radius 3 is 2.75 bits per heavy atom. The number of carbonyl (C=O) groups is 1. The zero-order chi connectivity index (χ0) is 14.0. The Bertz CT molecular complexity index is 609. The smallest absolute Gasteiger partial charge is 0.238 e. The van der Waals surface area contributed by atoms with E-state index in [0.717, 1.165) is 12.8 Å². The second-order valence-electron chi connectivity index (χ2n) is 5.32. The van der Waals surface area contributed by atoms with Crippen molar-refractivity contribution in [1.29, 1.82) is 0 Å². The molecule has 0 saturated carbocycles. The zero-order valence-corrected chi connectivity index (χ0v) is 12.1. The van der Waals surface area contributed by atoms with Gasteiger partial charge in [0, 0.05) is 11.4 Å². The minimum absolute atomic E-state index is 0.247. The van der Waals surface area contributed by atoms with Crippen molar-refractivity contribution in [2.24, 2.45) is 5.73 Å². The quantitative estimate of drug-likeness (QED) is 0.905. The van der Waals surface area contributed by atoms with E-state index in [1.807, 2.05) is 17.5 Å². The maximum absolute atomic E-state index is 12.0. The summed E-state index contributed by atoms with van der Waals surface area (Å²) in [7, 11) is 0. The summed E-state index contributed by atoms with van der Waals surface area (Å²) in [5.41, 5.74) is 7.66. The van der Waals surface area contributed by atoms with Gasteiger partial charge in [-0.1, -0.05) is 30.3 Å². The van der Waals surface area contributed by atoms with Gasteiger partial charge in [-0.05, 0) is 41.8 Å². The molecule has 0 saturated heterocycles. The standard InChI is InChI=1S/C16H18N2OS/c17-15(19)16(18-11-14-6-3-9-20-14)8-7-12-4-1-2-5-13(12)10-16/h1-6,9,18H,7-8,10-11H2,(H2,17,19). The molecule has 0 fully saturated rings. The van der Waals surface area contributed by atoms with Crippen molar-refractivity contribution in [3.05, 3.63) is 57.8 Å². The molecule has 1 aliphatic carbocycles. The molecule has 3 N–H and O–H groups in total. The summed E-state index contributed by atoms with van der Waals surface area (Å²) in [6.07, 6.45) is 2.35. The van der Waals surface area contributed by atoms with Gasteiger partial charge in [-0.2, -0.15) is 0 Å². The molecule has 1 unspecified atom stereocenters. The molecule has 0 radical (unpaired) electrons. The Morgan fingerprint density at radius 2 is 2.05 bits per heavy atom. The Kier molecular flexibility index (Phi) is 3.59.